The number of hydrogen-bond donors (Lipinski definition) is 2. The number of halogens is 1. The summed E-state index contributed by atoms with van der Waals surface area (Å²) in [5.74, 6) is -0.163. The van der Waals surface area contributed by atoms with Crippen LogP contribution < -0.4 is 11.1 Å². The van der Waals surface area contributed by atoms with Crippen LogP contribution in [0.4, 0.5) is 4.39 Å². The molecule has 1 aromatic rings. The molecule has 4 nitrogen and oxygen atoms in total. The first-order chi connectivity index (χ1) is 9.60. The van der Waals surface area contributed by atoms with Gasteiger partial charge in [0.15, 0.2) is 0 Å². The van der Waals surface area contributed by atoms with Crippen LogP contribution >= 0.6 is 0 Å². The predicted molar refractivity (Wildman–Crippen MR) is 76.4 cm³/mol. The number of nitrogens with two attached hydrogens (primary N) is 1. The molecule has 0 aliphatic carbocycles. The minimum absolute atomic E-state index is 0.0186. The summed E-state index contributed by atoms with van der Waals surface area (Å²) < 4.78 is 14.1. The maximum Gasteiger partial charge on any atom is 0.217 e. The van der Waals surface area contributed by atoms with Crippen LogP contribution in [0.15, 0.2) is 18.2 Å². The van der Waals surface area contributed by atoms with Crippen molar-refractivity contribution in [3.63, 3.8) is 0 Å². The summed E-state index contributed by atoms with van der Waals surface area (Å²) in [6, 6.07) is 5.64. The summed E-state index contributed by atoms with van der Waals surface area (Å²) in [5, 5.41) is 2.94. The first-order valence-electron chi connectivity index (χ1n) is 7.06. The fourth-order valence-corrected chi connectivity index (χ4v) is 2.68. The quantitative estimate of drug-likeness (QED) is 0.875. The molecule has 1 fully saturated rings. The Balaban J connectivity index is 1.91. The van der Waals surface area contributed by atoms with E-state index in [4.69, 9.17) is 5.73 Å². The highest BCUT2D eigenvalue weighted by atomic mass is 19.1. The second-order valence-electron chi connectivity index (χ2n) is 5.35. The van der Waals surface area contributed by atoms with Gasteiger partial charge in [0.05, 0.1) is 0 Å². The molecular formula is C15H22FN3O. The number of likely N-dealkylation sites (tertiary alicyclic amines) is 1. The van der Waals surface area contributed by atoms with Gasteiger partial charge in [0.25, 0.3) is 0 Å². The average molecular weight is 279 g/mol. The van der Waals surface area contributed by atoms with Gasteiger partial charge in [0.2, 0.25) is 5.91 Å². The van der Waals surface area contributed by atoms with Crippen molar-refractivity contribution >= 4 is 5.91 Å². The number of nitrogens with one attached hydrogen (secondary N) is 1. The summed E-state index contributed by atoms with van der Waals surface area (Å²) >= 11 is 0. The standard InChI is InChI=1S/C15H22FN3O/c1-11(20)18-14-5-7-19(8-6-14)10-13-4-2-3-12(9-17)15(13)16/h2-4,14H,5-10,17H2,1H3,(H,18,20). The lowest BCUT2D eigenvalue weighted by atomic mass is 10.0. The molecule has 1 saturated heterocycles. The van der Waals surface area contributed by atoms with E-state index < -0.39 is 0 Å². The van der Waals surface area contributed by atoms with Gasteiger partial charge in [0, 0.05) is 50.3 Å². The number of amides is 1. The van der Waals surface area contributed by atoms with Gasteiger partial charge >= 0.3 is 0 Å². The van der Waals surface area contributed by atoms with Gasteiger partial charge in [-0.1, -0.05) is 18.2 Å². The number of rotatable bonds is 4. The zero-order valence-corrected chi connectivity index (χ0v) is 11.9. The maximum absolute atomic E-state index is 14.1. The van der Waals surface area contributed by atoms with E-state index in [1.54, 1.807) is 13.0 Å². The highest BCUT2D eigenvalue weighted by Gasteiger charge is 2.20. The summed E-state index contributed by atoms with van der Waals surface area (Å²) in [5.41, 5.74) is 6.79. The van der Waals surface area contributed by atoms with Crippen LogP contribution in [0.25, 0.3) is 0 Å². The molecule has 0 saturated carbocycles. The molecule has 0 bridgehead atoms. The lowest BCUT2D eigenvalue weighted by molar-refractivity contribution is -0.119. The first kappa shape index (κ1) is 14.9. The van der Waals surface area contributed by atoms with Crippen molar-refractivity contribution in [1.29, 1.82) is 0 Å². The third kappa shape index (κ3) is 3.77. The Bertz CT molecular complexity index is 470. The smallest absolute Gasteiger partial charge is 0.217 e. The van der Waals surface area contributed by atoms with Crippen molar-refractivity contribution in [3.05, 3.63) is 35.1 Å². The summed E-state index contributed by atoms with van der Waals surface area (Å²) in [7, 11) is 0. The van der Waals surface area contributed by atoms with Crippen molar-refractivity contribution in [2.24, 2.45) is 5.73 Å². The van der Waals surface area contributed by atoms with Crippen molar-refractivity contribution < 1.29 is 9.18 Å². The summed E-state index contributed by atoms with van der Waals surface area (Å²) in [4.78, 5) is 13.2. The van der Waals surface area contributed by atoms with Gasteiger partial charge in [-0.2, -0.15) is 0 Å². The van der Waals surface area contributed by atoms with Crippen LogP contribution in [-0.4, -0.2) is 29.9 Å². The van der Waals surface area contributed by atoms with Crippen LogP contribution in [0.3, 0.4) is 0 Å². The van der Waals surface area contributed by atoms with Gasteiger partial charge in [-0.15, -0.1) is 0 Å². The fourth-order valence-electron chi connectivity index (χ4n) is 2.68. The topological polar surface area (TPSA) is 58.4 Å². The largest absolute Gasteiger partial charge is 0.354 e. The van der Waals surface area contributed by atoms with Crippen LogP contribution in [0.1, 0.15) is 30.9 Å². The molecule has 5 heteroatoms. The van der Waals surface area contributed by atoms with Crippen molar-refractivity contribution in [2.75, 3.05) is 13.1 Å². The minimum Gasteiger partial charge on any atom is -0.354 e. The van der Waals surface area contributed by atoms with Gasteiger partial charge in [-0.25, -0.2) is 4.39 Å². The Hall–Kier alpha value is -1.46. The number of carbonyl (C=O) groups is 1. The van der Waals surface area contributed by atoms with E-state index in [2.05, 4.69) is 10.2 Å². The van der Waals surface area contributed by atoms with Crippen LogP contribution in [-0.2, 0) is 17.9 Å². The Morgan fingerprint density at radius 2 is 2.05 bits per heavy atom. The van der Waals surface area contributed by atoms with Gasteiger partial charge in [-0.3, -0.25) is 9.69 Å². The SMILES string of the molecule is CC(=O)NC1CCN(Cc2cccc(CN)c2F)CC1. The first-order valence-corrected chi connectivity index (χ1v) is 7.06. The Morgan fingerprint density at radius 3 is 2.65 bits per heavy atom. The van der Waals surface area contributed by atoms with Crippen molar-refractivity contribution in [3.8, 4) is 0 Å². The molecule has 20 heavy (non-hydrogen) atoms. The molecule has 110 valence electrons. The third-order valence-corrected chi connectivity index (χ3v) is 3.77. The molecule has 1 aromatic carbocycles. The molecule has 0 spiro atoms. The van der Waals surface area contributed by atoms with Crippen LogP contribution in [0, 0.1) is 5.82 Å². The third-order valence-electron chi connectivity index (χ3n) is 3.77. The van der Waals surface area contributed by atoms with E-state index in [1.165, 1.54) is 0 Å². The molecule has 0 atom stereocenters. The molecule has 2 rings (SSSR count). The van der Waals surface area contributed by atoms with Crippen LogP contribution in [0.5, 0.6) is 0 Å². The monoisotopic (exact) mass is 279 g/mol. The molecule has 0 aromatic heterocycles. The van der Waals surface area contributed by atoms with Gasteiger partial charge < -0.3 is 11.1 Å². The van der Waals surface area contributed by atoms with E-state index in [0.717, 1.165) is 25.9 Å². The molecule has 1 aliphatic rings. The highest BCUT2D eigenvalue weighted by Crippen LogP contribution is 2.18. The lowest BCUT2D eigenvalue weighted by Gasteiger charge is -2.32. The predicted octanol–water partition coefficient (Wildman–Crippen LogP) is 1.38. The van der Waals surface area contributed by atoms with E-state index in [1.807, 2.05) is 12.1 Å². The van der Waals surface area contributed by atoms with E-state index >= 15 is 0 Å². The normalized spacial score (nSPS) is 17.1. The average Bonchev–Trinajstić information content (AvgIpc) is 2.43. The molecule has 1 aliphatic heterocycles. The van der Waals surface area contributed by atoms with Crippen molar-refractivity contribution in [1.82, 2.24) is 10.2 Å². The molecule has 0 radical (unpaired) electrons. The lowest BCUT2D eigenvalue weighted by Crippen LogP contribution is -2.43. The fraction of sp³-hybridized carbons (Fsp3) is 0.533. The second-order valence-corrected chi connectivity index (χ2v) is 5.35. The highest BCUT2D eigenvalue weighted by molar-refractivity contribution is 5.73. The zero-order chi connectivity index (χ0) is 14.5. The summed E-state index contributed by atoms with van der Waals surface area (Å²) in [6.45, 7) is 4.12. The van der Waals surface area contributed by atoms with E-state index in [0.29, 0.717) is 17.7 Å². The Kier molecular flexibility index (Phi) is 5.09. The van der Waals surface area contributed by atoms with Gasteiger partial charge in [0.1, 0.15) is 5.82 Å². The molecule has 1 heterocycles. The summed E-state index contributed by atoms with van der Waals surface area (Å²) in [6.07, 6.45) is 1.83. The van der Waals surface area contributed by atoms with E-state index in [-0.39, 0.29) is 24.3 Å². The number of hydrogen-bond acceptors (Lipinski definition) is 3. The second kappa shape index (κ2) is 6.81. The Labute approximate surface area is 119 Å². The molecular weight excluding hydrogens is 257 g/mol. The number of piperidine rings is 1. The maximum atomic E-state index is 14.1. The van der Waals surface area contributed by atoms with Crippen molar-refractivity contribution in [2.45, 2.75) is 38.9 Å². The minimum atomic E-state index is -0.181. The van der Waals surface area contributed by atoms with E-state index in [9.17, 15) is 9.18 Å². The van der Waals surface area contributed by atoms with Crippen LogP contribution in [0.2, 0.25) is 0 Å². The molecule has 1 amide bonds. The Morgan fingerprint density at radius 1 is 1.40 bits per heavy atom. The van der Waals surface area contributed by atoms with Gasteiger partial charge in [-0.05, 0) is 12.8 Å². The number of benzene rings is 1. The number of carbonyl (C=O) groups excluding carboxylic acids is 1. The molecule has 0 unspecified atom stereocenters. The molecule has 3 N–H and O–H groups in total. The zero-order valence-electron chi connectivity index (χ0n) is 11.9. The number of nitrogens with zero attached hydrogens (tertiary/aromatic N) is 1.